The van der Waals surface area contributed by atoms with Gasteiger partial charge in [0.15, 0.2) is 0 Å². The molecular weight excluding hydrogens is 408 g/mol. The minimum atomic E-state index is -0.235. The second kappa shape index (κ2) is 9.86. The summed E-state index contributed by atoms with van der Waals surface area (Å²) in [7, 11) is 0. The first kappa shape index (κ1) is 20.6. The number of nitrogens with zero attached hydrogens (tertiary/aromatic N) is 3. The lowest BCUT2D eigenvalue weighted by molar-refractivity contribution is 0.0959. The van der Waals surface area contributed by atoms with Gasteiger partial charge < -0.3 is 4.74 Å². The van der Waals surface area contributed by atoms with Crippen molar-refractivity contribution in [3.8, 4) is 22.7 Å². The van der Waals surface area contributed by atoms with E-state index in [9.17, 15) is 4.79 Å². The van der Waals surface area contributed by atoms with Gasteiger partial charge in [0, 0.05) is 17.3 Å². The molecule has 0 aliphatic heterocycles. The largest absolute Gasteiger partial charge is 0.494 e. The van der Waals surface area contributed by atoms with Crippen LogP contribution in [0.15, 0.2) is 83.4 Å². The Kier molecular flexibility index (Phi) is 6.54. The third-order valence-electron chi connectivity index (χ3n) is 4.48. The Morgan fingerprint density at radius 2 is 1.94 bits per heavy atom. The van der Waals surface area contributed by atoms with Gasteiger partial charge in [-0.1, -0.05) is 31.2 Å². The number of hydrogen-bond acceptors (Lipinski definition) is 5. The molecule has 0 aliphatic rings. The summed E-state index contributed by atoms with van der Waals surface area (Å²) in [6, 6.07) is 21.3. The zero-order valence-electron chi connectivity index (χ0n) is 17.1. The maximum atomic E-state index is 12.2. The number of aromatic nitrogens is 2. The number of amides is 1. The van der Waals surface area contributed by atoms with E-state index in [0.29, 0.717) is 11.5 Å². The van der Waals surface area contributed by atoms with Crippen molar-refractivity contribution in [2.45, 2.75) is 13.3 Å². The topological polar surface area (TPSA) is 68.5 Å². The summed E-state index contributed by atoms with van der Waals surface area (Å²) < 4.78 is 7.48. The van der Waals surface area contributed by atoms with E-state index >= 15 is 0 Å². The highest BCUT2D eigenvalue weighted by atomic mass is 32.1. The number of hydrazone groups is 1. The zero-order chi connectivity index (χ0) is 21.5. The summed E-state index contributed by atoms with van der Waals surface area (Å²) in [5.74, 6) is 0.590. The number of ether oxygens (including phenoxy) is 1. The lowest BCUT2D eigenvalue weighted by atomic mass is 10.1. The number of carbonyl (C=O) groups excluding carboxylic acids is 1. The van der Waals surface area contributed by atoms with Gasteiger partial charge in [0.25, 0.3) is 5.91 Å². The Bertz CT molecular complexity index is 1150. The van der Waals surface area contributed by atoms with Crippen LogP contribution in [0.1, 0.15) is 28.6 Å². The summed E-state index contributed by atoms with van der Waals surface area (Å²) in [5, 5.41) is 10.8. The predicted octanol–water partition coefficient (Wildman–Crippen LogP) is 5.15. The molecule has 156 valence electrons. The Labute approximate surface area is 184 Å². The molecule has 0 atom stereocenters. The van der Waals surface area contributed by atoms with Gasteiger partial charge in [-0.25, -0.2) is 10.1 Å². The second-order valence-corrected chi connectivity index (χ2v) is 7.71. The maximum absolute atomic E-state index is 12.2. The van der Waals surface area contributed by atoms with E-state index in [-0.39, 0.29) is 5.91 Å². The zero-order valence-corrected chi connectivity index (χ0v) is 17.9. The van der Waals surface area contributed by atoms with Crippen molar-refractivity contribution in [1.82, 2.24) is 15.2 Å². The highest BCUT2D eigenvalue weighted by Crippen LogP contribution is 2.25. The van der Waals surface area contributed by atoms with Crippen LogP contribution in [0.2, 0.25) is 0 Å². The van der Waals surface area contributed by atoms with Crippen LogP contribution in [0.4, 0.5) is 0 Å². The molecule has 1 N–H and O–H groups in total. The van der Waals surface area contributed by atoms with Gasteiger partial charge in [-0.2, -0.15) is 10.2 Å². The van der Waals surface area contributed by atoms with E-state index in [4.69, 9.17) is 9.84 Å². The van der Waals surface area contributed by atoms with Crippen molar-refractivity contribution in [3.63, 3.8) is 0 Å². The number of para-hydroxylation sites is 1. The third kappa shape index (κ3) is 5.07. The van der Waals surface area contributed by atoms with Crippen molar-refractivity contribution >= 4 is 23.5 Å². The van der Waals surface area contributed by atoms with Crippen molar-refractivity contribution in [3.05, 3.63) is 88.7 Å². The Balaban J connectivity index is 1.62. The molecule has 2 aromatic carbocycles. The Morgan fingerprint density at radius 1 is 1.13 bits per heavy atom. The molecule has 0 bridgehead atoms. The van der Waals surface area contributed by atoms with E-state index < -0.39 is 0 Å². The van der Waals surface area contributed by atoms with Crippen LogP contribution in [0.25, 0.3) is 16.9 Å². The molecule has 7 heteroatoms. The standard InChI is InChI=1S/C24H22N4O2S/c1-2-14-30-21-12-10-18(11-13-21)23-19(16-25-26-24(29)22-9-6-15-31-22)17-28(27-23)20-7-4-3-5-8-20/h3-13,15-17H,2,14H2,1H3,(H,26,29). The van der Waals surface area contributed by atoms with Gasteiger partial charge in [-0.05, 0) is 54.3 Å². The summed E-state index contributed by atoms with van der Waals surface area (Å²) in [5.41, 5.74) is 6.00. The monoisotopic (exact) mass is 430 g/mol. The minimum absolute atomic E-state index is 0.235. The first-order valence-corrected chi connectivity index (χ1v) is 10.9. The van der Waals surface area contributed by atoms with Crippen molar-refractivity contribution in [2.75, 3.05) is 6.61 Å². The van der Waals surface area contributed by atoms with Gasteiger partial charge in [-0.15, -0.1) is 11.3 Å². The number of nitrogens with one attached hydrogen (secondary N) is 1. The van der Waals surface area contributed by atoms with Gasteiger partial charge in [-0.3, -0.25) is 4.79 Å². The summed E-state index contributed by atoms with van der Waals surface area (Å²) in [4.78, 5) is 12.8. The molecular formula is C24H22N4O2S. The van der Waals surface area contributed by atoms with Gasteiger partial charge in [0.1, 0.15) is 11.4 Å². The molecule has 31 heavy (non-hydrogen) atoms. The summed E-state index contributed by atoms with van der Waals surface area (Å²) >= 11 is 1.37. The predicted molar refractivity (Wildman–Crippen MR) is 124 cm³/mol. The SMILES string of the molecule is CCCOc1ccc(-c2nn(-c3ccccc3)cc2C=NNC(=O)c2cccs2)cc1. The van der Waals surface area contributed by atoms with Crippen molar-refractivity contribution < 1.29 is 9.53 Å². The van der Waals surface area contributed by atoms with Crippen molar-refractivity contribution in [2.24, 2.45) is 5.10 Å². The molecule has 0 radical (unpaired) electrons. The number of hydrogen-bond donors (Lipinski definition) is 1. The minimum Gasteiger partial charge on any atom is -0.494 e. The Morgan fingerprint density at radius 3 is 2.65 bits per heavy atom. The molecule has 0 fully saturated rings. The maximum Gasteiger partial charge on any atom is 0.281 e. The summed E-state index contributed by atoms with van der Waals surface area (Å²) in [6.45, 7) is 2.76. The number of benzene rings is 2. The van der Waals surface area contributed by atoms with Crippen LogP contribution in [0.3, 0.4) is 0 Å². The van der Waals surface area contributed by atoms with Crippen LogP contribution in [-0.2, 0) is 0 Å². The van der Waals surface area contributed by atoms with E-state index in [1.165, 1.54) is 11.3 Å². The van der Waals surface area contributed by atoms with Gasteiger partial charge >= 0.3 is 0 Å². The molecule has 4 rings (SSSR count). The van der Waals surface area contributed by atoms with Crippen LogP contribution in [-0.4, -0.2) is 28.5 Å². The van der Waals surface area contributed by atoms with Crippen molar-refractivity contribution in [1.29, 1.82) is 0 Å². The van der Waals surface area contributed by atoms with E-state index in [1.807, 2.05) is 72.2 Å². The first-order valence-electron chi connectivity index (χ1n) is 10.00. The van der Waals surface area contributed by atoms with E-state index in [2.05, 4.69) is 17.5 Å². The Hall–Kier alpha value is -3.71. The molecule has 2 heterocycles. The highest BCUT2D eigenvalue weighted by Gasteiger charge is 2.12. The van der Waals surface area contributed by atoms with Crippen LogP contribution >= 0.6 is 11.3 Å². The first-order chi connectivity index (χ1) is 15.2. The lowest BCUT2D eigenvalue weighted by Crippen LogP contribution is -2.16. The van der Waals surface area contributed by atoms with Crippen LogP contribution < -0.4 is 10.2 Å². The highest BCUT2D eigenvalue weighted by molar-refractivity contribution is 7.12. The normalized spacial score (nSPS) is 11.0. The fourth-order valence-electron chi connectivity index (χ4n) is 2.97. The molecule has 4 aromatic rings. The number of thiophene rings is 1. The average molecular weight is 431 g/mol. The van der Waals surface area contributed by atoms with Gasteiger partial charge in [0.2, 0.25) is 0 Å². The molecule has 0 unspecified atom stereocenters. The van der Waals surface area contributed by atoms with E-state index in [0.717, 1.165) is 34.7 Å². The molecule has 2 aromatic heterocycles. The average Bonchev–Trinajstić information content (AvgIpc) is 3.49. The smallest absolute Gasteiger partial charge is 0.281 e. The fourth-order valence-corrected chi connectivity index (χ4v) is 3.58. The fraction of sp³-hybridized carbons (Fsp3) is 0.125. The molecule has 1 amide bonds. The second-order valence-electron chi connectivity index (χ2n) is 6.76. The number of carbonyl (C=O) groups is 1. The molecule has 0 aliphatic carbocycles. The molecule has 0 spiro atoms. The molecule has 0 saturated heterocycles. The van der Waals surface area contributed by atoms with Crippen LogP contribution in [0.5, 0.6) is 5.75 Å². The van der Waals surface area contributed by atoms with Gasteiger partial charge in [0.05, 0.1) is 23.4 Å². The van der Waals surface area contributed by atoms with E-state index in [1.54, 1.807) is 17.0 Å². The van der Waals surface area contributed by atoms with Crippen LogP contribution in [0, 0.1) is 0 Å². The summed E-state index contributed by atoms with van der Waals surface area (Å²) in [6.07, 6.45) is 4.47. The third-order valence-corrected chi connectivity index (χ3v) is 5.35. The molecule has 0 saturated carbocycles. The molecule has 6 nitrogen and oxygen atoms in total. The quantitative estimate of drug-likeness (QED) is 0.310. The lowest BCUT2D eigenvalue weighted by Gasteiger charge is -2.05. The number of rotatable bonds is 8.